The molecule has 1 atom stereocenters. The maximum Gasteiger partial charge on any atom is 0.244 e. The van der Waals surface area contributed by atoms with Crippen molar-refractivity contribution in [2.45, 2.75) is 45.7 Å². The highest BCUT2D eigenvalue weighted by molar-refractivity contribution is 7.92. The molecule has 0 aliphatic rings. The van der Waals surface area contributed by atoms with Crippen LogP contribution in [0.25, 0.3) is 0 Å². The minimum Gasteiger partial charge on any atom is -0.497 e. The molecule has 0 spiro atoms. The zero-order valence-electron chi connectivity index (χ0n) is 21.7. The fraction of sp³-hybridized carbons (Fsp3) is 0.462. The number of rotatable bonds is 14. The summed E-state index contributed by atoms with van der Waals surface area (Å²) in [5, 5.41) is 2.90. The third-order valence-corrected chi connectivity index (χ3v) is 6.86. The van der Waals surface area contributed by atoms with Gasteiger partial charge < -0.3 is 19.7 Å². The highest BCUT2D eigenvalue weighted by Crippen LogP contribution is 2.24. The molecule has 0 fully saturated rings. The van der Waals surface area contributed by atoms with Crippen LogP contribution in [-0.2, 0) is 26.2 Å². The summed E-state index contributed by atoms with van der Waals surface area (Å²) >= 11 is 0. The van der Waals surface area contributed by atoms with Crippen LogP contribution < -0.4 is 19.1 Å². The van der Waals surface area contributed by atoms with Gasteiger partial charge in [0, 0.05) is 19.2 Å². The molecule has 10 heteroatoms. The van der Waals surface area contributed by atoms with Crippen LogP contribution in [0.4, 0.5) is 5.69 Å². The second-order valence-electron chi connectivity index (χ2n) is 8.41. The molecule has 0 saturated carbocycles. The monoisotopic (exact) mass is 519 g/mol. The number of anilines is 1. The van der Waals surface area contributed by atoms with Crippen LogP contribution in [0, 0.1) is 0 Å². The molecule has 1 N–H and O–H groups in total. The zero-order chi connectivity index (χ0) is 26.7. The smallest absolute Gasteiger partial charge is 0.244 e. The lowest BCUT2D eigenvalue weighted by molar-refractivity contribution is -0.140. The molecule has 9 nitrogen and oxygen atoms in total. The molecular weight excluding hydrogens is 482 g/mol. The van der Waals surface area contributed by atoms with Crippen LogP contribution in [0.2, 0.25) is 0 Å². The highest BCUT2D eigenvalue weighted by Gasteiger charge is 2.31. The first kappa shape index (κ1) is 29.0. The quantitative estimate of drug-likeness (QED) is 0.385. The average Bonchev–Trinajstić information content (AvgIpc) is 2.86. The van der Waals surface area contributed by atoms with Crippen molar-refractivity contribution < 1.29 is 27.5 Å². The van der Waals surface area contributed by atoms with Crippen molar-refractivity contribution in [1.29, 1.82) is 0 Å². The lowest BCUT2D eigenvalue weighted by Crippen LogP contribution is -2.52. The molecule has 2 aromatic carbocycles. The number of methoxy groups -OCH3 is 2. The number of unbranched alkanes of at least 4 members (excludes halogenated alkanes) is 1. The van der Waals surface area contributed by atoms with Crippen molar-refractivity contribution in [3.05, 3.63) is 54.1 Å². The van der Waals surface area contributed by atoms with Crippen LogP contribution in [0.5, 0.6) is 11.5 Å². The topological polar surface area (TPSA) is 105 Å². The maximum atomic E-state index is 13.7. The highest BCUT2D eigenvalue weighted by atomic mass is 32.2. The number of carbonyl (C=O) groups is 2. The van der Waals surface area contributed by atoms with Gasteiger partial charge in [0.1, 0.15) is 24.1 Å². The Morgan fingerprint density at radius 1 is 1.00 bits per heavy atom. The molecule has 2 amide bonds. The number of carbonyl (C=O) groups excluding carboxylic acids is 2. The molecule has 0 bridgehead atoms. The summed E-state index contributed by atoms with van der Waals surface area (Å²) < 4.78 is 36.9. The van der Waals surface area contributed by atoms with Crippen molar-refractivity contribution >= 4 is 27.5 Å². The molecule has 1 unspecified atom stereocenters. The van der Waals surface area contributed by atoms with E-state index in [1.54, 1.807) is 49.6 Å². The Kier molecular flexibility index (Phi) is 11.0. The Balaban J connectivity index is 2.43. The van der Waals surface area contributed by atoms with Gasteiger partial charge in [-0.05, 0) is 42.7 Å². The summed E-state index contributed by atoms with van der Waals surface area (Å²) in [6.45, 7) is 4.01. The van der Waals surface area contributed by atoms with Gasteiger partial charge in [-0.15, -0.1) is 0 Å². The lowest BCUT2D eigenvalue weighted by atomic mass is 10.1. The molecule has 2 aromatic rings. The number of nitrogens with zero attached hydrogens (tertiary/aromatic N) is 2. The fourth-order valence-electron chi connectivity index (χ4n) is 3.77. The van der Waals surface area contributed by atoms with Crippen molar-refractivity contribution in [2.24, 2.45) is 0 Å². The van der Waals surface area contributed by atoms with E-state index in [2.05, 4.69) is 5.32 Å². The van der Waals surface area contributed by atoms with Gasteiger partial charge in [0.15, 0.2) is 0 Å². The van der Waals surface area contributed by atoms with E-state index in [0.717, 1.165) is 29.0 Å². The van der Waals surface area contributed by atoms with E-state index in [-0.39, 0.29) is 12.5 Å². The van der Waals surface area contributed by atoms with Gasteiger partial charge in [0.2, 0.25) is 21.8 Å². The van der Waals surface area contributed by atoms with E-state index < -0.39 is 28.5 Å². The van der Waals surface area contributed by atoms with E-state index >= 15 is 0 Å². The van der Waals surface area contributed by atoms with E-state index in [0.29, 0.717) is 30.2 Å². The molecule has 198 valence electrons. The summed E-state index contributed by atoms with van der Waals surface area (Å²) in [5.74, 6) is 0.316. The van der Waals surface area contributed by atoms with Crippen LogP contribution in [0.15, 0.2) is 48.5 Å². The first-order chi connectivity index (χ1) is 17.1. The Morgan fingerprint density at radius 2 is 1.64 bits per heavy atom. The van der Waals surface area contributed by atoms with Gasteiger partial charge in [-0.2, -0.15) is 0 Å². The summed E-state index contributed by atoms with van der Waals surface area (Å²) in [4.78, 5) is 28.2. The Hall–Kier alpha value is -3.27. The van der Waals surface area contributed by atoms with E-state index in [1.165, 1.54) is 12.0 Å². The second kappa shape index (κ2) is 13.7. The van der Waals surface area contributed by atoms with Crippen LogP contribution in [0.3, 0.4) is 0 Å². The summed E-state index contributed by atoms with van der Waals surface area (Å²) in [6.07, 6.45) is 3.16. The normalized spacial score (nSPS) is 11.9. The summed E-state index contributed by atoms with van der Waals surface area (Å²) in [6, 6.07) is 12.9. The van der Waals surface area contributed by atoms with Gasteiger partial charge in [-0.1, -0.05) is 38.5 Å². The van der Waals surface area contributed by atoms with Crippen LogP contribution in [0.1, 0.15) is 38.7 Å². The molecule has 36 heavy (non-hydrogen) atoms. The summed E-state index contributed by atoms with van der Waals surface area (Å²) in [5.41, 5.74) is 1.06. The van der Waals surface area contributed by atoms with Crippen molar-refractivity contribution in [2.75, 3.05) is 37.9 Å². The van der Waals surface area contributed by atoms with Crippen LogP contribution in [-0.4, -0.2) is 64.7 Å². The predicted molar refractivity (Wildman–Crippen MR) is 141 cm³/mol. The van der Waals surface area contributed by atoms with Gasteiger partial charge in [0.05, 0.1) is 26.2 Å². The van der Waals surface area contributed by atoms with Crippen molar-refractivity contribution in [3.63, 3.8) is 0 Å². The summed E-state index contributed by atoms with van der Waals surface area (Å²) in [7, 11) is -0.784. The van der Waals surface area contributed by atoms with Gasteiger partial charge >= 0.3 is 0 Å². The average molecular weight is 520 g/mol. The van der Waals surface area contributed by atoms with E-state index in [4.69, 9.17) is 9.47 Å². The second-order valence-corrected chi connectivity index (χ2v) is 10.3. The number of amides is 2. The molecule has 0 aromatic heterocycles. The lowest BCUT2D eigenvalue weighted by Gasteiger charge is -2.33. The molecule has 2 rings (SSSR count). The first-order valence-corrected chi connectivity index (χ1v) is 13.8. The Labute approximate surface area is 214 Å². The SMILES string of the molecule is CCCCNC(=O)C(CC)N(Cc1cccc(OC)c1)C(=O)CN(c1cccc(OC)c1)S(C)(=O)=O. The standard InChI is InChI=1S/C26H37N3O6S/c1-6-8-15-27-26(31)24(7-2)28(18-20-11-9-13-22(16-20)34-3)25(30)19-29(36(5,32)33)21-12-10-14-23(17-21)35-4/h9-14,16-17,24H,6-8,15,18-19H2,1-5H3,(H,27,31). The first-order valence-electron chi connectivity index (χ1n) is 12.0. The van der Waals surface area contributed by atoms with E-state index in [1.807, 2.05) is 19.9 Å². The zero-order valence-corrected chi connectivity index (χ0v) is 22.5. The van der Waals surface area contributed by atoms with Crippen molar-refractivity contribution in [3.8, 4) is 11.5 Å². The molecule has 0 saturated heterocycles. The molecule has 0 aliphatic heterocycles. The third-order valence-electron chi connectivity index (χ3n) is 5.72. The predicted octanol–water partition coefficient (Wildman–Crippen LogP) is 3.19. The fourth-order valence-corrected chi connectivity index (χ4v) is 4.61. The number of sulfonamides is 1. The third kappa shape index (κ3) is 8.15. The van der Waals surface area contributed by atoms with Crippen LogP contribution >= 0.6 is 0 Å². The van der Waals surface area contributed by atoms with Gasteiger partial charge in [-0.3, -0.25) is 13.9 Å². The van der Waals surface area contributed by atoms with Gasteiger partial charge in [-0.25, -0.2) is 8.42 Å². The molecule has 0 aliphatic carbocycles. The molecule has 0 heterocycles. The number of benzene rings is 2. The number of nitrogens with one attached hydrogen (secondary N) is 1. The Morgan fingerprint density at radius 3 is 2.22 bits per heavy atom. The number of hydrogen-bond donors (Lipinski definition) is 1. The Bertz CT molecular complexity index is 1120. The van der Waals surface area contributed by atoms with Gasteiger partial charge in [0.25, 0.3) is 0 Å². The molecule has 0 radical (unpaired) electrons. The number of hydrogen-bond acceptors (Lipinski definition) is 6. The largest absolute Gasteiger partial charge is 0.497 e. The van der Waals surface area contributed by atoms with E-state index in [9.17, 15) is 18.0 Å². The minimum atomic E-state index is -3.82. The minimum absolute atomic E-state index is 0.117. The molecular formula is C26H37N3O6S. The van der Waals surface area contributed by atoms with Crippen molar-refractivity contribution in [1.82, 2.24) is 10.2 Å². The maximum absolute atomic E-state index is 13.7. The number of ether oxygens (including phenoxy) is 2.